The molecule has 0 aliphatic heterocycles. The molecule has 1 aromatic heterocycles. The highest BCUT2D eigenvalue weighted by molar-refractivity contribution is 5.89. The number of nitrogens with one attached hydrogen (secondary N) is 1. The highest BCUT2D eigenvalue weighted by atomic mass is 19.4. The van der Waals surface area contributed by atoms with Crippen molar-refractivity contribution < 1.29 is 22.7 Å². The number of H-pyrrole nitrogens is 1. The van der Waals surface area contributed by atoms with Gasteiger partial charge in [-0.05, 0) is 13.0 Å². The first-order chi connectivity index (χ1) is 8.34. The molecule has 96 valence electrons. The van der Waals surface area contributed by atoms with E-state index in [4.69, 9.17) is 0 Å². The average Bonchev–Trinajstić information content (AvgIpc) is 2.27. The van der Waals surface area contributed by atoms with Crippen molar-refractivity contribution in [1.29, 1.82) is 0 Å². The van der Waals surface area contributed by atoms with Crippen LogP contribution in [0.3, 0.4) is 0 Å². The Morgan fingerprint density at radius 3 is 2.72 bits per heavy atom. The summed E-state index contributed by atoms with van der Waals surface area (Å²) in [5.41, 5.74) is -2.75. The number of alkyl halides is 3. The molecule has 1 heterocycles. The minimum Gasteiger partial charge on any atom is -0.456 e. The molecule has 0 saturated carbocycles. The van der Waals surface area contributed by atoms with Crippen LogP contribution in [-0.2, 0) is 15.7 Å². The number of pyridine rings is 1. The molecule has 0 aliphatic carbocycles. The molecule has 0 fully saturated rings. The lowest BCUT2D eigenvalue weighted by Crippen LogP contribution is -2.21. The summed E-state index contributed by atoms with van der Waals surface area (Å²) in [5.74, 6) is 3.32. The van der Waals surface area contributed by atoms with Crippen molar-refractivity contribution in [3.05, 3.63) is 33.7 Å². The average molecular weight is 259 g/mol. The van der Waals surface area contributed by atoms with Gasteiger partial charge in [0.2, 0.25) is 0 Å². The maximum absolute atomic E-state index is 12.4. The lowest BCUT2D eigenvalue weighted by Gasteiger charge is -2.04. The van der Waals surface area contributed by atoms with Gasteiger partial charge in [0, 0.05) is 17.7 Å². The van der Waals surface area contributed by atoms with E-state index in [0.717, 1.165) is 6.20 Å². The first-order valence-electron chi connectivity index (χ1n) is 4.83. The highest BCUT2D eigenvalue weighted by Gasteiger charge is 2.33. The summed E-state index contributed by atoms with van der Waals surface area (Å²) < 4.78 is 41.6. The third-order valence-corrected chi connectivity index (χ3v) is 1.79. The zero-order valence-corrected chi connectivity index (χ0v) is 9.22. The Hall–Kier alpha value is -2.23. The third kappa shape index (κ3) is 3.66. The monoisotopic (exact) mass is 259 g/mol. The number of hydrogen-bond donors (Lipinski definition) is 1. The predicted molar refractivity (Wildman–Crippen MR) is 55.6 cm³/mol. The fraction of sp³-hybridized carbons (Fsp3) is 0.273. The Labute approximate surface area is 99.8 Å². The van der Waals surface area contributed by atoms with E-state index in [2.05, 4.69) is 10.7 Å². The fourth-order valence-electron chi connectivity index (χ4n) is 1.06. The number of ether oxygens (including phenoxy) is 1. The second kappa shape index (κ2) is 5.40. The zero-order chi connectivity index (χ0) is 13.8. The minimum absolute atomic E-state index is 0.118. The first kappa shape index (κ1) is 13.8. The summed E-state index contributed by atoms with van der Waals surface area (Å²) >= 11 is 0. The Balaban J connectivity index is 3.07. The SMILES string of the molecule is CCOC(=O)C#Cc1c[nH]c(=O)c(C(F)(F)F)c1. The van der Waals surface area contributed by atoms with E-state index in [1.54, 1.807) is 6.92 Å². The van der Waals surface area contributed by atoms with E-state index >= 15 is 0 Å². The largest absolute Gasteiger partial charge is 0.456 e. The highest BCUT2D eigenvalue weighted by Crippen LogP contribution is 2.26. The van der Waals surface area contributed by atoms with Gasteiger partial charge in [-0.25, -0.2) is 4.79 Å². The Kier molecular flexibility index (Phi) is 4.15. The summed E-state index contributed by atoms with van der Waals surface area (Å²) in [5, 5.41) is 0. The van der Waals surface area contributed by atoms with Crippen LogP contribution >= 0.6 is 0 Å². The molecule has 0 radical (unpaired) electrons. The van der Waals surface area contributed by atoms with Crippen LogP contribution in [0, 0.1) is 11.8 Å². The molecule has 0 spiro atoms. The molecule has 18 heavy (non-hydrogen) atoms. The van der Waals surface area contributed by atoms with E-state index in [0.29, 0.717) is 6.07 Å². The van der Waals surface area contributed by atoms with Crippen LogP contribution in [0.2, 0.25) is 0 Å². The van der Waals surface area contributed by atoms with Crippen molar-refractivity contribution in [1.82, 2.24) is 4.98 Å². The van der Waals surface area contributed by atoms with Crippen LogP contribution < -0.4 is 5.56 Å². The normalized spacial score (nSPS) is 10.4. The van der Waals surface area contributed by atoms with Crippen LogP contribution in [0.15, 0.2) is 17.1 Å². The molecule has 0 aliphatic rings. The molecule has 0 saturated heterocycles. The van der Waals surface area contributed by atoms with Gasteiger partial charge in [0.15, 0.2) is 0 Å². The number of carbonyl (C=O) groups is 1. The van der Waals surface area contributed by atoms with Crippen LogP contribution in [0.1, 0.15) is 18.1 Å². The summed E-state index contributed by atoms with van der Waals surface area (Å²) in [6, 6.07) is 0.574. The van der Waals surface area contributed by atoms with Crippen LogP contribution in [0.5, 0.6) is 0 Å². The number of rotatable bonds is 1. The van der Waals surface area contributed by atoms with E-state index in [9.17, 15) is 22.8 Å². The molecule has 0 atom stereocenters. The van der Waals surface area contributed by atoms with Gasteiger partial charge in [0.1, 0.15) is 5.56 Å². The summed E-state index contributed by atoms with van der Waals surface area (Å²) in [7, 11) is 0. The van der Waals surface area contributed by atoms with Crippen LogP contribution in [0.25, 0.3) is 0 Å². The fourth-order valence-corrected chi connectivity index (χ4v) is 1.06. The lowest BCUT2D eigenvalue weighted by atomic mass is 10.2. The molecule has 0 amide bonds. The number of aromatic amines is 1. The van der Waals surface area contributed by atoms with Gasteiger partial charge in [0.05, 0.1) is 6.61 Å². The quantitative estimate of drug-likeness (QED) is 0.611. The molecule has 4 nitrogen and oxygen atoms in total. The maximum atomic E-state index is 12.4. The smallest absolute Gasteiger partial charge is 0.421 e. The van der Waals surface area contributed by atoms with Crippen molar-refractivity contribution in [3.63, 3.8) is 0 Å². The predicted octanol–water partition coefficient (Wildman–Crippen LogP) is 1.31. The Bertz CT molecular complexity index is 563. The second-order valence-corrected chi connectivity index (χ2v) is 3.10. The van der Waals surface area contributed by atoms with Crippen molar-refractivity contribution in [2.45, 2.75) is 13.1 Å². The topological polar surface area (TPSA) is 59.2 Å². The van der Waals surface area contributed by atoms with Gasteiger partial charge >= 0.3 is 12.1 Å². The molecule has 0 aromatic carbocycles. The molecule has 1 rings (SSSR count). The zero-order valence-electron chi connectivity index (χ0n) is 9.22. The van der Waals surface area contributed by atoms with Crippen LogP contribution in [0.4, 0.5) is 13.2 Å². The first-order valence-corrected chi connectivity index (χ1v) is 4.83. The molecule has 1 N–H and O–H groups in total. The molecule has 7 heteroatoms. The van der Waals surface area contributed by atoms with Crippen molar-refractivity contribution in [2.75, 3.05) is 6.61 Å². The third-order valence-electron chi connectivity index (χ3n) is 1.79. The molecule has 0 bridgehead atoms. The van der Waals surface area contributed by atoms with Gasteiger partial charge in [-0.15, -0.1) is 0 Å². The van der Waals surface area contributed by atoms with Crippen LogP contribution in [-0.4, -0.2) is 17.6 Å². The molecular formula is C11H8F3NO3. The van der Waals surface area contributed by atoms with Gasteiger partial charge in [-0.2, -0.15) is 13.2 Å². The van der Waals surface area contributed by atoms with Gasteiger partial charge in [-0.3, -0.25) is 4.79 Å². The summed E-state index contributed by atoms with van der Waals surface area (Å²) in [4.78, 5) is 23.7. The number of halogens is 3. The van der Waals surface area contributed by atoms with E-state index in [-0.39, 0.29) is 12.2 Å². The van der Waals surface area contributed by atoms with Crippen molar-refractivity contribution in [2.24, 2.45) is 0 Å². The van der Waals surface area contributed by atoms with E-state index in [1.807, 2.05) is 10.9 Å². The van der Waals surface area contributed by atoms with E-state index < -0.39 is 23.3 Å². The standard InChI is InChI=1S/C11H8F3NO3/c1-2-18-9(16)4-3-7-5-8(11(12,13)14)10(17)15-6-7/h5-6H,2H2,1H3,(H,15,17). The lowest BCUT2D eigenvalue weighted by molar-refractivity contribution is -0.138. The Morgan fingerprint density at radius 2 is 2.17 bits per heavy atom. The number of aromatic nitrogens is 1. The number of hydrogen-bond acceptors (Lipinski definition) is 3. The molecule has 0 unspecified atom stereocenters. The number of carbonyl (C=O) groups excluding carboxylic acids is 1. The second-order valence-electron chi connectivity index (χ2n) is 3.10. The molecule has 1 aromatic rings. The molecular weight excluding hydrogens is 251 g/mol. The Morgan fingerprint density at radius 1 is 1.50 bits per heavy atom. The van der Waals surface area contributed by atoms with E-state index in [1.165, 1.54) is 0 Å². The van der Waals surface area contributed by atoms with Gasteiger partial charge in [-0.1, -0.05) is 5.92 Å². The minimum atomic E-state index is -4.77. The van der Waals surface area contributed by atoms with Gasteiger partial charge in [0.25, 0.3) is 5.56 Å². The van der Waals surface area contributed by atoms with Gasteiger partial charge < -0.3 is 9.72 Å². The maximum Gasteiger partial charge on any atom is 0.421 e. The summed E-state index contributed by atoms with van der Waals surface area (Å²) in [6.45, 7) is 1.69. The van der Waals surface area contributed by atoms with Crippen molar-refractivity contribution in [3.8, 4) is 11.8 Å². The summed E-state index contributed by atoms with van der Waals surface area (Å²) in [6.07, 6.45) is -3.78. The number of esters is 1. The van der Waals surface area contributed by atoms with Crippen molar-refractivity contribution >= 4 is 5.97 Å².